The van der Waals surface area contributed by atoms with E-state index in [1.807, 2.05) is 0 Å². The summed E-state index contributed by atoms with van der Waals surface area (Å²) < 4.78 is 13.6. The SMILES string of the molecule is Cc1cc(CNc2cc(N)ccc2C(=O)O)cc(C)c1F. The fourth-order valence-corrected chi connectivity index (χ4v) is 2.23. The van der Waals surface area contributed by atoms with E-state index in [0.29, 0.717) is 29.0 Å². The quantitative estimate of drug-likeness (QED) is 0.754. The van der Waals surface area contributed by atoms with Gasteiger partial charge >= 0.3 is 5.97 Å². The maximum Gasteiger partial charge on any atom is 0.337 e. The lowest BCUT2D eigenvalue weighted by atomic mass is 10.1. The molecule has 0 aliphatic heterocycles. The van der Waals surface area contributed by atoms with Crippen LogP contribution in [0.2, 0.25) is 0 Å². The lowest BCUT2D eigenvalue weighted by molar-refractivity contribution is 0.0698. The molecular formula is C16H17FN2O2. The first-order valence-corrected chi connectivity index (χ1v) is 6.51. The van der Waals surface area contributed by atoms with Crippen LogP contribution < -0.4 is 11.1 Å². The highest BCUT2D eigenvalue weighted by molar-refractivity contribution is 5.95. The molecule has 0 saturated heterocycles. The van der Waals surface area contributed by atoms with Gasteiger partial charge in [-0.05, 0) is 48.7 Å². The van der Waals surface area contributed by atoms with Gasteiger partial charge in [-0.3, -0.25) is 0 Å². The van der Waals surface area contributed by atoms with Crippen molar-refractivity contribution in [3.8, 4) is 0 Å². The third-order valence-electron chi connectivity index (χ3n) is 3.25. The Morgan fingerprint density at radius 2 is 1.86 bits per heavy atom. The number of hydrogen-bond donors (Lipinski definition) is 3. The first-order chi connectivity index (χ1) is 9.88. The van der Waals surface area contributed by atoms with E-state index in [4.69, 9.17) is 10.8 Å². The van der Waals surface area contributed by atoms with Crippen molar-refractivity contribution in [3.05, 3.63) is 58.4 Å². The van der Waals surface area contributed by atoms with E-state index >= 15 is 0 Å². The third kappa shape index (κ3) is 3.31. The maximum atomic E-state index is 13.6. The third-order valence-corrected chi connectivity index (χ3v) is 3.25. The van der Waals surface area contributed by atoms with Crippen LogP contribution in [0.3, 0.4) is 0 Å². The zero-order valence-corrected chi connectivity index (χ0v) is 11.9. The molecule has 0 aliphatic rings. The summed E-state index contributed by atoms with van der Waals surface area (Å²) in [4.78, 5) is 11.2. The van der Waals surface area contributed by atoms with Gasteiger partial charge in [0.2, 0.25) is 0 Å². The van der Waals surface area contributed by atoms with Crippen molar-refractivity contribution < 1.29 is 14.3 Å². The topological polar surface area (TPSA) is 75.3 Å². The van der Waals surface area contributed by atoms with Crippen molar-refractivity contribution in [3.63, 3.8) is 0 Å². The highest BCUT2D eigenvalue weighted by Gasteiger charge is 2.10. The molecule has 0 bridgehead atoms. The maximum absolute atomic E-state index is 13.6. The van der Waals surface area contributed by atoms with E-state index in [0.717, 1.165) is 5.56 Å². The largest absolute Gasteiger partial charge is 0.478 e. The van der Waals surface area contributed by atoms with Gasteiger partial charge in [0.15, 0.2) is 0 Å². The zero-order chi connectivity index (χ0) is 15.6. The summed E-state index contributed by atoms with van der Waals surface area (Å²) in [5, 5.41) is 12.2. The molecule has 0 saturated carbocycles. The molecule has 2 aromatic carbocycles. The molecule has 0 amide bonds. The molecule has 0 atom stereocenters. The number of carboxylic acids is 1. The first-order valence-electron chi connectivity index (χ1n) is 6.51. The van der Waals surface area contributed by atoms with Gasteiger partial charge in [0, 0.05) is 12.2 Å². The molecule has 0 spiro atoms. The van der Waals surface area contributed by atoms with Gasteiger partial charge in [-0.25, -0.2) is 9.18 Å². The fraction of sp³-hybridized carbons (Fsp3) is 0.188. The summed E-state index contributed by atoms with van der Waals surface area (Å²) in [6.45, 7) is 3.80. The summed E-state index contributed by atoms with van der Waals surface area (Å²) in [7, 11) is 0. The van der Waals surface area contributed by atoms with Crippen LogP contribution >= 0.6 is 0 Å². The van der Waals surface area contributed by atoms with Crippen LogP contribution in [0.15, 0.2) is 30.3 Å². The van der Waals surface area contributed by atoms with Crippen molar-refractivity contribution >= 4 is 17.3 Å². The van der Waals surface area contributed by atoms with Gasteiger partial charge < -0.3 is 16.2 Å². The van der Waals surface area contributed by atoms with Gasteiger partial charge in [0.1, 0.15) is 5.82 Å². The number of anilines is 2. The highest BCUT2D eigenvalue weighted by Crippen LogP contribution is 2.21. The molecule has 4 nitrogen and oxygen atoms in total. The average Bonchev–Trinajstić information content (AvgIpc) is 2.42. The lowest BCUT2D eigenvalue weighted by Gasteiger charge is -2.12. The Labute approximate surface area is 122 Å². The van der Waals surface area contributed by atoms with E-state index in [2.05, 4.69) is 5.32 Å². The molecular weight excluding hydrogens is 271 g/mol. The second kappa shape index (κ2) is 5.83. The number of hydrogen-bond acceptors (Lipinski definition) is 3. The van der Waals surface area contributed by atoms with Crippen molar-refractivity contribution in [2.45, 2.75) is 20.4 Å². The predicted molar refractivity (Wildman–Crippen MR) is 81.0 cm³/mol. The van der Waals surface area contributed by atoms with Crippen LogP contribution in [0.5, 0.6) is 0 Å². The second-order valence-electron chi connectivity index (χ2n) is 5.01. The molecule has 4 N–H and O–H groups in total. The summed E-state index contributed by atoms with van der Waals surface area (Å²) in [5.41, 5.74) is 8.78. The number of carbonyl (C=O) groups is 1. The molecule has 0 radical (unpaired) electrons. The number of nitrogen functional groups attached to an aromatic ring is 1. The van der Waals surface area contributed by atoms with E-state index in [1.54, 1.807) is 38.1 Å². The number of halogens is 1. The molecule has 0 unspecified atom stereocenters. The predicted octanol–water partition coefficient (Wildman–Crippen LogP) is 3.34. The van der Waals surface area contributed by atoms with Crippen LogP contribution in [0.25, 0.3) is 0 Å². The van der Waals surface area contributed by atoms with Crippen LogP contribution in [0.1, 0.15) is 27.0 Å². The molecule has 0 aliphatic carbocycles. The fourth-order valence-electron chi connectivity index (χ4n) is 2.23. The number of rotatable bonds is 4. The molecule has 21 heavy (non-hydrogen) atoms. The molecule has 0 fully saturated rings. The normalized spacial score (nSPS) is 10.4. The summed E-state index contributed by atoms with van der Waals surface area (Å²) in [6, 6.07) is 8.05. The Morgan fingerprint density at radius 1 is 1.24 bits per heavy atom. The van der Waals surface area contributed by atoms with Crippen molar-refractivity contribution in [1.29, 1.82) is 0 Å². The first kappa shape index (κ1) is 14.8. The zero-order valence-electron chi connectivity index (χ0n) is 11.9. The molecule has 0 aromatic heterocycles. The van der Waals surface area contributed by atoms with Gasteiger partial charge in [-0.15, -0.1) is 0 Å². The minimum atomic E-state index is -1.02. The number of benzene rings is 2. The van der Waals surface area contributed by atoms with Crippen LogP contribution in [-0.4, -0.2) is 11.1 Å². The molecule has 110 valence electrons. The average molecular weight is 288 g/mol. The van der Waals surface area contributed by atoms with Crippen LogP contribution in [-0.2, 0) is 6.54 Å². The van der Waals surface area contributed by atoms with Crippen LogP contribution in [0.4, 0.5) is 15.8 Å². The number of carboxylic acid groups (broad SMARTS) is 1. The van der Waals surface area contributed by atoms with Crippen molar-refractivity contribution in [1.82, 2.24) is 0 Å². The number of aryl methyl sites for hydroxylation is 2. The molecule has 0 heterocycles. The smallest absolute Gasteiger partial charge is 0.337 e. The van der Waals surface area contributed by atoms with Gasteiger partial charge in [-0.1, -0.05) is 12.1 Å². The second-order valence-corrected chi connectivity index (χ2v) is 5.01. The number of nitrogens with one attached hydrogen (secondary N) is 1. The molecule has 2 aromatic rings. The summed E-state index contributed by atoms with van der Waals surface area (Å²) >= 11 is 0. The standard InChI is InChI=1S/C16H17FN2O2/c1-9-5-11(6-10(2)15(9)17)8-19-14-7-12(18)3-4-13(14)16(20)21/h3-7,19H,8,18H2,1-2H3,(H,20,21). The Morgan fingerprint density at radius 3 is 2.43 bits per heavy atom. The van der Waals surface area contributed by atoms with Gasteiger partial charge in [-0.2, -0.15) is 0 Å². The Hall–Kier alpha value is -2.56. The van der Waals surface area contributed by atoms with Crippen LogP contribution in [0, 0.1) is 19.7 Å². The minimum Gasteiger partial charge on any atom is -0.478 e. The monoisotopic (exact) mass is 288 g/mol. The number of aromatic carboxylic acids is 1. The highest BCUT2D eigenvalue weighted by atomic mass is 19.1. The number of nitrogens with two attached hydrogens (primary N) is 1. The van der Waals surface area contributed by atoms with Crippen molar-refractivity contribution in [2.24, 2.45) is 0 Å². The van der Waals surface area contributed by atoms with E-state index in [9.17, 15) is 9.18 Å². The van der Waals surface area contributed by atoms with Crippen molar-refractivity contribution in [2.75, 3.05) is 11.1 Å². The van der Waals surface area contributed by atoms with E-state index in [1.165, 1.54) is 6.07 Å². The summed E-state index contributed by atoms with van der Waals surface area (Å²) in [6.07, 6.45) is 0. The Bertz CT molecular complexity index is 676. The van der Waals surface area contributed by atoms with Gasteiger partial charge in [0.25, 0.3) is 0 Å². The van der Waals surface area contributed by atoms with Gasteiger partial charge in [0.05, 0.1) is 11.3 Å². The summed E-state index contributed by atoms with van der Waals surface area (Å²) in [5.74, 6) is -1.24. The van der Waals surface area contributed by atoms with E-state index in [-0.39, 0.29) is 11.4 Å². The Kier molecular flexibility index (Phi) is 4.12. The minimum absolute atomic E-state index is 0.153. The molecule has 2 rings (SSSR count). The Balaban J connectivity index is 2.24. The lowest BCUT2D eigenvalue weighted by Crippen LogP contribution is -2.07. The van der Waals surface area contributed by atoms with E-state index < -0.39 is 5.97 Å². The molecule has 5 heteroatoms.